The Balaban J connectivity index is 3.26. The standard InChI is InChI=1S/C5H9S/c1-4(2)5(3)6/h5H,1H2,2-3H3. The molecule has 0 rings (SSSR count). The van der Waals surface area contributed by atoms with Crippen LogP contribution in [0.5, 0.6) is 0 Å². The molecule has 1 unspecified atom stereocenters. The lowest BCUT2D eigenvalue weighted by Gasteiger charge is -1.95. The molecule has 6 heavy (non-hydrogen) atoms. The van der Waals surface area contributed by atoms with Crippen molar-refractivity contribution in [1.82, 2.24) is 0 Å². The Hall–Kier alpha value is 0.0900. The van der Waals surface area contributed by atoms with Crippen LogP contribution >= 0.6 is 12.6 Å². The highest BCUT2D eigenvalue weighted by molar-refractivity contribution is 7.81. The maximum atomic E-state index is 4.80. The third-order valence-electron chi connectivity index (χ3n) is 0.694. The van der Waals surface area contributed by atoms with E-state index in [4.69, 9.17) is 12.6 Å². The van der Waals surface area contributed by atoms with Gasteiger partial charge in [-0.25, -0.2) is 0 Å². The highest BCUT2D eigenvalue weighted by atomic mass is 32.1. The molecule has 0 amide bonds. The molecular formula is C5H9S. The summed E-state index contributed by atoms with van der Waals surface area (Å²) in [4.78, 5) is 0. The first-order chi connectivity index (χ1) is 2.64. The van der Waals surface area contributed by atoms with Gasteiger partial charge in [-0.05, 0) is 13.8 Å². The zero-order valence-electron chi connectivity index (χ0n) is 4.19. The second kappa shape index (κ2) is 2.30. The van der Waals surface area contributed by atoms with E-state index in [0.717, 1.165) is 5.57 Å². The summed E-state index contributed by atoms with van der Waals surface area (Å²) in [7, 11) is 0. The first-order valence-electron chi connectivity index (χ1n) is 1.96. The number of rotatable bonds is 1. The fourth-order valence-corrected chi connectivity index (χ4v) is 0. The molecule has 35 valence electrons. The van der Waals surface area contributed by atoms with Crippen LogP contribution in [-0.2, 0) is 0 Å². The predicted molar refractivity (Wildman–Crippen MR) is 31.9 cm³/mol. The van der Waals surface area contributed by atoms with E-state index in [1.165, 1.54) is 0 Å². The van der Waals surface area contributed by atoms with Gasteiger partial charge in [-0.15, -0.1) is 0 Å². The Morgan fingerprint density at radius 3 is 2.00 bits per heavy atom. The van der Waals surface area contributed by atoms with Crippen molar-refractivity contribution in [1.29, 1.82) is 0 Å². The van der Waals surface area contributed by atoms with Crippen LogP contribution < -0.4 is 0 Å². The second-order valence-electron chi connectivity index (χ2n) is 1.49. The number of hydrogen-bond acceptors (Lipinski definition) is 0. The van der Waals surface area contributed by atoms with Crippen molar-refractivity contribution in [2.45, 2.75) is 19.1 Å². The second-order valence-corrected chi connectivity index (χ2v) is 2.20. The fraction of sp³-hybridized carbons (Fsp3) is 0.600. The molecule has 1 heteroatoms. The molecule has 0 aliphatic rings. The Morgan fingerprint density at radius 1 is 1.83 bits per heavy atom. The van der Waals surface area contributed by atoms with E-state index in [1.807, 2.05) is 13.8 Å². The molecule has 0 spiro atoms. The summed E-state index contributed by atoms with van der Waals surface area (Å²) in [6, 6.07) is 0. The zero-order valence-corrected chi connectivity index (χ0v) is 5.01. The lowest BCUT2D eigenvalue weighted by molar-refractivity contribution is 1.14. The Morgan fingerprint density at radius 2 is 2.00 bits per heavy atom. The van der Waals surface area contributed by atoms with Gasteiger partial charge in [-0.2, -0.15) is 0 Å². The zero-order chi connectivity index (χ0) is 5.15. The van der Waals surface area contributed by atoms with Crippen molar-refractivity contribution >= 4 is 12.6 Å². The quantitative estimate of drug-likeness (QED) is 0.444. The first-order valence-corrected chi connectivity index (χ1v) is 2.43. The Bertz CT molecular complexity index is 55.0. The number of hydrogen-bond donors (Lipinski definition) is 0. The van der Waals surface area contributed by atoms with Crippen molar-refractivity contribution in [2.24, 2.45) is 0 Å². The van der Waals surface area contributed by atoms with Crippen LogP contribution in [0.2, 0.25) is 0 Å². The van der Waals surface area contributed by atoms with Crippen molar-refractivity contribution in [3.63, 3.8) is 0 Å². The molecular weight excluding hydrogens is 92.1 g/mol. The summed E-state index contributed by atoms with van der Waals surface area (Å²) in [6.07, 6.45) is 0. The molecule has 1 radical (unpaired) electrons. The summed E-state index contributed by atoms with van der Waals surface area (Å²) in [5.41, 5.74) is 1.07. The largest absolute Gasteiger partial charge is 0.0990 e. The Labute approximate surface area is 44.7 Å². The summed E-state index contributed by atoms with van der Waals surface area (Å²) in [5, 5.41) is 0.241. The van der Waals surface area contributed by atoms with Crippen LogP contribution in [0.1, 0.15) is 13.8 Å². The molecule has 0 saturated carbocycles. The summed E-state index contributed by atoms with van der Waals surface area (Å²) >= 11 is 4.80. The van der Waals surface area contributed by atoms with Gasteiger partial charge in [0.2, 0.25) is 0 Å². The molecule has 0 bridgehead atoms. The van der Waals surface area contributed by atoms with Gasteiger partial charge in [0.15, 0.2) is 0 Å². The van der Waals surface area contributed by atoms with Crippen LogP contribution in [0, 0.1) is 0 Å². The van der Waals surface area contributed by atoms with Gasteiger partial charge >= 0.3 is 0 Å². The minimum Gasteiger partial charge on any atom is -0.0990 e. The van der Waals surface area contributed by atoms with Crippen molar-refractivity contribution in [3.8, 4) is 0 Å². The Kier molecular flexibility index (Phi) is 2.33. The van der Waals surface area contributed by atoms with Gasteiger partial charge in [0.1, 0.15) is 0 Å². The third-order valence-corrected chi connectivity index (χ3v) is 1.10. The summed E-state index contributed by atoms with van der Waals surface area (Å²) in [6.45, 7) is 7.55. The van der Waals surface area contributed by atoms with Gasteiger partial charge < -0.3 is 0 Å². The molecule has 0 aromatic carbocycles. The molecule has 0 aromatic heterocycles. The van der Waals surface area contributed by atoms with Crippen molar-refractivity contribution in [3.05, 3.63) is 12.2 Å². The smallest absolute Gasteiger partial charge is 0.0327 e. The van der Waals surface area contributed by atoms with E-state index in [-0.39, 0.29) is 5.25 Å². The molecule has 0 heterocycles. The van der Waals surface area contributed by atoms with Crippen LogP contribution in [0.15, 0.2) is 12.2 Å². The molecule has 0 N–H and O–H groups in total. The van der Waals surface area contributed by atoms with E-state index in [9.17, 15) is 0 Å². The average molecular weight is 101 g/mol. The highest BCUT2D eigenvalue weighted by Gasteiger charge is 1.89. The fourth-order valence-electron chi connectivity index (χ4n) is 0. The highest BCUT2D eigenvalue weighted by Crippen LogP contribution is 2.01. The minimum atomic E-state index is 0.241. The van der Waals surface area contributed by atoms with E-state index >= 15 is 0 Å². The topological polar surface area (TPSA) is 0 Å². The molecule has 0 aromatic rings. The molecule has 0 aliphatic carbocycles. The minimum absolute atomic E-state index is 0.241. The van der Waals surface area contributed by atoms with Crippen LogP contribution in [0.25, 0.3) is 0 Å². The van der Waals surface area contributed by atoms with E-state index < -0.39 is 0 Å². The maximum absolute atomic E-state index is 4.80. The van der Waals surface area contributed by atoms with Gasteiger partial charge in [-0.3, -0.25) is 0 Å². The molecule has 0 fully saturated rings. The SMILES string of the molecule is C=C(C)C(C)[S]. The lowest BCUT2D eigenvalue weighted by Crippen LogP contribution is -1.87. The monoisotopic (exact) mass is 101 g/mol. The summed E-state index contributed by atoms with van der Waals surface area (Å²) in [5.74, 6) is 0. The molecule has 0 saturated heterocycles. The van der Waals surface area contributed by atoms with Gasteiger partial charge in [-0.1, -0.05) is 24.8 Å². The van der Waals surface area contributed by atoms with Crippen molar-refractivity contribution in [2.75, 3.05) is 0 Å². The van der Waals surface area contributed by atoms with Gasteiger partial charge in [0, 0.05) is 5.25 Å². The molecule has 1 atom stereocenters. The molecule has 0 aliphatic heterocycles. The lowest BCUT2D eigenvalue weighted by atomic mass is 10.3. The van der Waals surface area contributed by atoms with Crippen LogP contribution in [-0.4, -0.2) is 5.25 Å². The van der Waals surface area contributed by atoms with Crippen LogP contribution in [0.3, 0.4) is 0 Å². The molecule has 0 nitrogen and oxygen atoms in total. The third kappa shape index (κ3) is 2.33. The van der Waals surface area contributed by atoms with Gasteiger partial charge in [0.05, 0.1) is 0 Å². The predicted octanol–water partition coefficient (Wildman–Crippen LogP) is 2.15. The van der Waals surface area contributed by atoms with E-state index in [1.54, 1.807) is 0 Å². The first kappa shape index (κ1) is 6.09. The maximum Gasteiger partial charge on any atom is 0.0327 e. The van der Waals surface area contributed by atoms with E-state index in [0.29, 0.717) is 0 Å². The van der Waals surface area contributed by atoms with Crippen molar-refractivity contribution < 1.29 is 0 Å². The average Bonchev–Trinajstić information content (AvgIpc) is 1.36. The van der Waals surface area contributed by atoms with E-state index in [2.05, 4.69) is 6.58 Å². The van der Waals surface area contributed by atoms with Gasteiger partial charge in [0.25, 0.3) is 0 Å². The summed E-state index contributed by atoms with van der Waals surface area (Å²) < 4.78 is 0. The van der Waals surface area contributed by atoms with Crippen LogP contribution in [0.4, 0.5) is 0 Å². The normalized spacial score (nSPS) is 13.8.